The number of nitrogens with one attached hydrogen (secondary N) is 3. The number of anilines is 1. The van der Waals surface area contributed by atoms with Gasteiger partial charge in [-0.05, 0) is 87.4 Å². The lowest BCUT2D eigenvalue weighted by Crippen LogP contribution is -2.36. The highest BCUT2D eigenvalue weighted by Crippen LogP contribution is 2.18. The van der Waals surface area contributed by atoms with Crippen LogP contribution in [0.2, 0.25) is 0 Å². The SMILES string of the molecule is CC(C)Oc1ccc(C(=O)NC(=S)Nc2ccc(C(=O)NC3CCCCC3)cc2)cc1. The summed E-state index contributed by atoms with van der Waals surface area (Å²) in [5.74, 6) is 0.344. The smallest absolute Gasteiger partial charge is 0.257 e. The van der Waals surface area contributed by atoms with Crippen molar-refractivity contribution in [2.24, 2.45) is 0 Å². The highest BCUT2D eigenvalue weighted by atomic mass is 32.1. The summed E-state index contributed by atoms with van der Waals surface area (Å²) in [6.07, 6.45) is 5.77. The van der Waals surface area contributed by atoms with Crippen molar-refractivity contribution < 1.29 is 14.3 Å². The molecule has 1 aliphatic carbocycles. The molecule has 2 amide bonds. The van der Waals surface area contributed by atoms with Crippen molar-refractivity contribution in [3.05, 3.63) is 59.7 Å². The Bertz CT molecular complexity index is 905. The van der Waals surface area contributed by atoms with Gasteiger partial charge in [0.05, 0.1) is 6.10 Å². The summed E-state index contributed by atoms with van der Waals surface area (Å²) in [6, 6.07) is 14.2. The average molecular weight is 440 g/mol. The van der Waals surface area contributed by atoms with Gasteiger partial charge in [-0.1, -0.05) is 19.3 Å². The Morgan fingerprint density at radius 1 is 0.903 bits per heavy atom. The molecular weight excluding hydrogens is 410 g/mol. The minimum atomic E-state index is -0.308. The molecule has 6 nitrogen and oxygen atoms in total. The normalized spacial score (nSPS) is 14.0. The lowest BCUT2D eigenvalue weighted by atomic mass is 9.95. The van der Waals surface area contributed by atoms with Crippen LogP contribution in [-0.2, 0) is 0 Å². The molecule has 0 atom stereocenters. The van der Waals surface area contributed by atoms with Crippen molar-refractivity contribution in [1.82, 2.24) is 10.6 Å². The second kappa shape index (κ2) is 10.9. The van der Waals surface area contributed by atoms with Crippen LogP contribution in [0.1, 0.15) is 66.7 Å². The number of benzene rings is 2. The summed E-state index contributed by atoms with van der Waals surface area (Å²) >= 11 is 5.24. The van der Waals surface area contributed by atoms with Crippen molar-refractivity contribution in [3.8, 4) is 5.75 Å². The molecule has 0 spiro atoms. The Morgan fingerprint density at radius 3 is 2.10 bits per heavy atom. The van der Waals surface area contributed by atoms with Crippen molar-refractivity contribution in [1.29, 1.82) is 0 Å². The zero-order valence-electron chi connectivity index (χ0n) is 17.9. The number of hydrogen-bond donors (Lipinski definition) is 3. The molecule has 0 unspecified atom stereocenters. The number of amides is 2. The second-order valence-corrected chi connectivity index (χ2v) is 8.39. The summed E-state index contributed by atoms with van der Waals surface area (Å²) in [7, 11) is 0. The van der Waals surface area contributed by atoms with E-state index in [1.54, 1.807) is 48.5 Å². The summed E-state index contributed by atoms with van der Waals surface area (Å²) in [5.41, 5.74) is 1.78. The van der Waals surface area contributed by atoms with E-state index in [4.69, 9.17) is 17.0 Å². The molecule has 2 aromatic carbocycles. The number of carbonyl (C=O) groups excluding carboxylic acids is 2. The van der Waals surface area contributed by atoms with E-state index in [1.807, 2.05) is 13.8 Å². The van der Waals surface area contributed by atoms with Crippen LogP contribution in [0.25, 0.3) is 0 Å². The Morgan fingerprint density at radius 2 is 1.48 bits per heavy atom. The van der Waals surface area contributed by atoms with E-state index in [1.165, 1.54) is 19.3 Å². The third-order valence-corrected chi connectivity index (χ3v) is 5.26. The van der Waals surface area contributed by atoms with Gasteiger partial charge in [0.1, 0.15) is 5.75 Å². The minimum absolute atomic E-state index is 0.0563. The largest absolute Gasteiger partial charge is 0.491 e. The molecule has 0 saturated heterocycles. The number of ether oxygens (including phenoxy) is 1. The molecule has 1 saturated carbocycles. The maximum Gasteiger partial charge on any atom is 0.257 e. The molecule has 1 aliphatic rings. The number of rotatable bonds is 6. The van der Waals surface area contributed by atoms with Crippen LogP contribution in [0.5, 0.6) is 5.75 Å². The monoisotopic (exact) mass is 439 g/mol. The van der Waals surface area contributed by atoms with Crippen LogP contribution >= 0.6 is 12.2 Å². The predicted molar refractivity (Wildman–Crippen MR) is 127 cm³/mol. The van der Waals surface area contributed by atoms with Gasteiger partial charge >= 0.3 is 0 Å². The van der Waals surface area contributed by atoms with Crippen LogP contribution in [-0.4, -0.2) is 29.1 Å². The Hall–Kier alpha value is -2.93. The fraction of sp³-hybridized carbons (Fsp3) is 0.375. The third-order valence-electron chi connectivity index (χ3n) is 5.06. The Kier molecular flexibility index (Phi) is 8.00. The van der Waals surface area contributed by atoms with E-state index >= 15 is 0 Å². The van der Waals surface area contributed by atoms with Crippen LogP contribution in [0, 0.1) is 0 Å². The topological polar surface area (TPSA) is 79.5 Å². The van der Waals surface area contributed by atoms with Gasteiger partial charge in [0.15, 0.2) is 5.11 Å². The predicted octanol–water partition coefficient (Wildman–Crippen LogP) is 4.66. The summed E-state index contributed by atoms with van der Waals surface area (Å²) < 4.78 is 5.58. The first-order valence-electron chi connectivity index (χ1n) is 10.7. The van der Waals surface area contributed by atoms with Crippen molar-refractivity contribution in [2.45, 2.75) is 58.1 Å². The highest BCUT2D eigenvalue weighted by molar-refractivity contribution is 7.80. The van der Waals surface area contributed by atoms with Gasteiger partial charge in [0, 0.05) is 22.9 Å². The van der Waals surface area contributed by atoms with Gasteiger partial charge in [-0.2, -0.15) is 0 Å². The van der Waals surface area contributed by atoms with E-state index in [2.05, 4.69) is 16.0 Å². The van der Waals surface area contributed by atoms with Crippen molar-refractivity contribution >= 4 is 34.8 Å². The van der Waals surface area contributed by atoms with E-state index in [-0.39, 0.29) is 29.1 Å². The molecule has 0 aliphatic heterocycles. The molecule has 0 aromatic heterocycles. The minimum Gasteiger partial charge on any atom is -0.491 e. The van der Waals surface area contributed by atoms with Crippen LogP contribution in [0.3, 0.4) is 0 Å². The maximum atomic E-state index is 12.4. The first-order valence-corrected chi connectivity index (χ1v) is 11.1. The van der Waals surface area contributed by atoms with E-state index < -0.39 is 0 Å². The fourth-order valence-corrected chi connectivity index (χ4v) is 3.73. The first kappa shape index (κ1) is 22.7. The molecule has 164 valence electrons. The third kappa shape index (κ3) is 7.07. The van der Waals surface area contributed by atoms with Crippen LogP contribution in [0.15, 0.2) is 48.5 Å². The molecule has 3 N–H and O–H groups in total. The first-order chi connectivity index (χ1) is 14.9. The average Bonchev–Trinajstić information content (AvgIpc) is 2.75. The summed E-state index contributed by atoms with van der Waals surface area (Å²) in [5, 5.41) is 8.92. The number of hydrogen-bond acceptors (Lipinski definition) is 4. The molecule has 2 aromatic rings. The number of carbonyl (C=O) groups is 2. The summed E-state index contributed by atoms with van der Waals surface area (Å²) in [6.45, 7) is 3.89. The quantitative estimate of drug-likeness (QED) is 0.571. The molecule has 31 heavy (non-hydrogen) atoms. The second-order valence-electron chi connectivity index (χ2n) is 7.98. The molecule has 3 rings (SSSR count). The lowest BCUT2D eigenvalue weighted by Gasteiger charge is -2.22. The highest BCUT2D eigenvalue weighted by Gasteiger charge is 2.16. The Balaban J connectivity index is 1.49. The zero-order valence-corrected chi connectivity index (χ0v) is 18.8. The zero-order chi connectivity index (χ0) is 22.2. The van der Waals surface area contributed by atoms with Gasteiger partial charge in [-0.3, -0.25) is 14.9 Å². The molecule has 0 bridgehead atoms. The van der Waals surface area contributed by atoms with E-state index in [0.29, 0.717) is 22.6 Å². The van der Waals surface area contributed by atoms with Crippen molar-refractivity contribution in [2.75, 3.05) is 5.32 Å². The molecular formula is C24H29N3O3S. The standard InChI is InChI=1S/C24H29N3O3S/c1-16(2)30-21-14-10-18(11-15-21)23(29)27-24(31)26-20-12-8-17(9-13-20)22(28)25-19-6-4-3-5-7-19/h8-16,19H,3-7H2,1-2H3,(H,25,28)(H2,26,27,29,31). The Labute approximate surface area is 188 Å². The van der Waals surface area contributed by atoms with Gasteiger partial charge in [-0.25, -0.2) is 0 Å². The molecule has 0 radical (unpaired) electrons. The molecule has 7 heteroatoms. The van der Waals surface area contributed by atoms with Crippen LogP contribution < -0.4 is 20.7 Å². The van der Waals surface area contributed by atoms with Gasteiger partial charge in [-0.15, -0.1) is 0 Å². The van der Waals surface area contributed by atoms with E-state index in [9.17, 15) is 9.59 Å². The summed E-state index contributed by atoms with van der Waals surface area (Å²) in [4.78, 5) is 24.8. The van der Waals surface area contributed by atoms with Gasteiger partial charge in [0.25, 0.3) is 11.8 Å². The van der Waals surface area contributed by atoms with Gasteiger partial charge < -0.3 is 15.4 Å². The lowest BCUT2D eigenvalue weighted by molar-refractivity contribution is 0.0926. The van der Waals surface area contributed by atoms with Gasteiger partial charge in [0.2, 0.25) is 0 Å². The molecule has 1 fully saturated rings. The fourth-order valence-electron chi connectivity index (χ4n) is 3.52. The van der Waals surface area contributed by atoms with Crippen LogP contribution in [0.4, 0.5) is 5.69 Å². The number of thiocarbonyl (C=S) groups is 1. The van der Waals surface area contributed by atoms with E-state index in [0.717, 1.165) is 12.8 Å². The van der Waals surface area contributed by atoms with Crippen molar-refractivity contribution in [3.63, 3.8) is 0 Å². The molecule has 0 heterocycles. The maximum absolute atomic E-state index is 12.4.